The molecule has 2 rings (SSSR count). The summed E-state index contributed by atoms with van der Waals surface area (Å²) < 4.78 is 25.3. The molecular weight excluding hydrogens is 312 g/mol. The quantitative estimate of drug-likeness (QED) is 0.752. The number of aromatic nitrogens is 1. The number of nitrogens with one attached hydrogen (secondary N) is 2. The number of sulfonamides is 1. The van der Waals surface area contributed by atoms with Crippen LogP contribution in [-0.4, -0.2) is 26.4 Å². The maximum Gasteiger partial charge on any atom is 0.240 e. The lowest BCUT2D eigenvalue weighted by Gasteiger charge is -2.06. The molecule has 2 aromatic rings. The molecular formula is C12H14N4O3S2. The third-order valence-electron chi connectivity index (χ3n) is 2.63. The van der Waals surface area contributed by atoms with Gasteiger partial charge < -0.3 is 11.1 Å². The zero-order valence-electron chi connectivity index (χ0n) is 11.2. The largest absolute Gasteiger partial charge is 0.375 e. The SMILES string of the molecule is CNS(=O)(=O)c1ccc(NC(=O)Cc2csc(N)n2)cc1. The Bertz CT molecular complexity index is 738. The molecule has 0 aliphatic carbocycles. The lowest BCUT2D eigenvalue weighted by Crippen LogP contribution is -2.18. The van der Waals surface area contributed by atoms with Crippen LogP contribution in [0, 0.1) is 0 Å². The number of nitrogen functional groups attached to an aromatic ring is 1. The highest BCUT2D eigenvalue weighted by atomic mass is 32.2. The lowest BCUT2D eigenvalue weighted by molar-refractivity contribution is -0.115. The molecule has 112 valence electrons. The number of amides is 1. The Morgan fingerprint density at radius 1 is 1.33 bits per heavy atom. The van der Waals surface area contributed by atoms with Crippen molar-refractivity contribution >= 4 is 38.1 Å². The lowest BCUT2D eigenvalue weighted by atomic mass is 10.3. The Balaban J connectivity index is 2.02. The van der Waals surface area contributed by atoms with Gasteiger partial charge in [-0.25, -0.2) is 18.1 Å². The minimum absolute atomic E-state index is 0.115. The van der Waals surface area contributed by atoms with E-state index in [1.165, 1.54) is 42.6 Å². The van der Waals surface area contributed by atoms with E-state index in [1.54, 1.807) is 5.38 Å². The number of carbonyl (C=O) groups excluding carboxylic acids is 1. The topological polar surface area (TPSA) is 114 Å². The van der Waals surface area contributed by atoms with Gasteiger partial charge in [-0.1, -0.05) is 0 Å². The van der Waals surface area contributed by atoms with Gasteiger partial charge in [0.15, 0.2) is 5.13 Å². The second-order valence-electron chi connectivity index (χ2n) is 4.13. The third-order valence-corrected chi connectivity index (χ3v) is 4.78. The molecule has 0 saturated heterocycles. The number of thiazole rings is 1. The van der Waals surface area contributed by atoms with Crippen molar-refractivity contribution in [3.8, 4) is 0 Å². The molecule has 1 aromatic carbocycles. The molecule has 0 aliphatic heterocycles. The molecule has 0 aliphatic rings. The molecule has 0 radical (unpaired) electrons. The number of hydrogen-bond acceptors (Lipinski definition) is 6. The molecule has 4 N–H and O–H groups in total. The first-order chi connectivity index (χ1) is 9.90. The van der Waals surface area contributed by atoms with Crippen LogP contribution >= 0.6 is 11.3 Å². The molecule has 0 unspecified atom stereocenters. The average molecular weight is 326 g/mol. The highest BCUT2D eigenvalue weighted by molar-refractivity contribution is 7.89. The Morgan fingerprint density at radius 2 is 2.00 bits per heavy atom. The summed E-state index contributed by atoms with van der Waals surface area (Å²) in [5, 5.41) is 4.80. The molecule has 1 aromatic heterocycles. The fourth-order valence-corrected chi connectivity index (χ4v) is 2.90. The Labute approximate surface area is 126 Å². The van der Waals surface area contributed by atoms with Gasteiger partial charge in [0.05, 0.1) is 17.0 Å². The molecule has 0 fully saturated rings. The Kier molecular flexibility index (Phi) is 4.56. The van der Waals surface area contributed by atoms with Crippen LogP contribution in [-0.2, 0) is 21.2 Å². The number of rotatable bonds is 5. The Hall–Kier alpha value is -1.97. The average Bonchev–Trinajstić information content (AvgIpc) is 2.84. The predicted octanol–water partition coefficient (Wildman–Crippen LogP) is 0.815. The zero-order valence-corrected chi connectivity index (χ0v) is 12.8. The van der Waals surface area contributed by atoms with Crippen LogP contribution in [0.3, 0.4) is 0 Å². The number of nitrogens with zero attached hydrogens (tertiary/aromatic N) is 1. The van der Waals surface area contributed by atoms with Crippen LogP contribution in [0.15, 0.2) is 34.5 Å². The zero-order chi connectivity index (χ0) is 15.5. The van der Waals surface area contributed by atoms with E-state index in [0.717, 1.165) is 0 Å². The smallest absolute Gasteiger partial charge is 0.240 e. The summed E-state index contributed by atoms with van der Waals surface area (Å²) in [4.78, 5) is 15.9. The van der Waals surface area contributed by atoms with Crippen LogP contribution in [0.2, 0.25) is 0 Å². The van der Waals surface area contributed by atoms with Gasteiger partial charge in [-0.2, -0.15) is 0 Å². The monoisotopic (exact) mass is 326 g/mol. The van der Waals surface area contributed by atoms with E-state index in [1.807, 2.05) is 0 Å². The number of anilines is 2. The van der Waals surface area contributed by atoms with E-state index in [0.29, 0.717) is 16.5 Å². The first-order valence-corrected chi connectivity index (χ1v) is 8.30. The molecule has 7 nitrogen and oxygen atoms in total. The molecule has 9 heteroatoms. The standard InChI is InChI=1S/C12H14N4O3S2/c1-14-21(18,19)10-4-2-8(3-5-10)15-11(17)6-9-7-20-12(13)16-9/h2-5,7,14H,6H2,1H3,(H2,13,16)(H,15,17). The van der Waals surface area contributed by atoms with E-state index in [9.17, 15) is 13.2 Å². The first-order valence-electron chi connectivity index (χ1n) is 5.94. The van der Waals surface area contributed by atoms with Gasteiger partial charge in [-0.15, -0.1) is 11.3 Å². The summed E-state index contributed by atoms with van der Waals surface area (Å²) >= 11 is 1.27. The highest BCUT2D eigenvalue weighted by Crippen LogP contribution is 2.15. The summed E-state index contributed by atoms with van der Waals surface area (Å²) in [5.41, 5.74) is 6.60. The number of hydrogen-bond donors (Lipinski definition) is 3. The highest BCUT2D eigenvalue weighted by Gasteiger charge is 2.11. The molecule has 1 heterocycles. The van der Waals surface area contributed by atoms with E-state index >= 15 is 0 Å². The van der Waals surface area contributed by atoms with Gasteiger partial charge in [0.2, 0.25) is 15.9 Å². The predicted molar refractivity (Wildman–Crippen MR) is 81.5 cm³/mol. The maximum absolute atomic E-state index is 11.8. The maximum atomic E-state index is 11.8. The summed E-state index contributed by atoms with van der Waals surface area (Å²) in [6.45, 7) is 0. The summed E-state index contributed by atoms with van der Waals surface area (Å²) in [5.74, 6) is -0.246. The molecule has 1 amide bonds. The summed E-state index contributed by atoms with van der Waals surface area (Å²) in [7, 11) is -2.14. The van der Waals surface area contributed by atoms with Gasteiger partial charge in [-0.3, -0.25) is 4.79 Å². The van der Waals surface area contributed by atoms with E-state index in [2.05, 4.69) is 15.0 Å². The van der Waals surface area contributed by atoms with Gasteiger partial charge in [0.1, 0.15) is 0 Å². The molecule has 0 atom stereocenters. The first kappa shape index (κ1) is 15.4. The Morgan fingerprint density at radius 3 is 2.52 bits per heavy atom. The van der Waals surface area contributed by atoms with Crippen molar-refractivity contribution in [2.75, 3.05) is 18.1 Å². The summed E-state index contributed by atoms with van der Waals surface area (Å²) in [6.07, 6.45) is 0.115. The molecule has 21 heavy (non-hydrogen) atoms. The number of nitrogens with two attached hydrogens (primary N) is 1. The molecule has 0 bridgehead atoms. The van der Waals surface area contributed by atoms with Crippen LogP contribution in [0.4, 0.5) is 10.8 Å². The van der Waals surface area contributed by atoms with Crippen molar-refractivity contribution in [2.24, 2.45) is 0 Å². The van der Waals surface area contributed by atoms with Crippen molar-refractivity contribution in [3.63, 3.8) is 0 Å². The minimum Gasteiger partial charge on any atom is -0.375 e. The molecule has 0 spiro atoms. The minimum atomic E-state index is -3.47. The van der Waals surface area contributed by atoms with Crippen LogP contribution in [0.25, 0.3) is 0 Å². The molecule has 0 saturated carbocycles. The number of carbonyl (C=O) groups is 1. The van der Waals surface area contributed by atoms with Crippen molar-refractivity contribution in [1.82, 2.24) is 9.71 Å². The van der Waals surface area contributed by atoms with Crippen molar-refractivity contribution in [1.29, 1.82) is 0 Å². The second kappa shape index (κ2) is 6.20. The van der Waals surface area contributed by atoms with E-state index < -0.39 is 10.0 Å². The van der Waals surface area contributed by atoms with Crippen LogP contribution in [0.1, 0.15) is 5.69 Å². The second-order valence-corrected chi connectivity index (χ2v) is 6.91. The van der Waals surface area contributed by atoms with Crippen LogP contribution < -0.4 is 15.8 Å². The van der Waals surface area contributed by atoms with Gasteiger partial charge in [0, 0.05) is 11.1 Å². The fourth-order valence-electron chi connectivity index (χ4n) is 1.61. The normalized spacial score (nSPS) is 11.3. The van der Waals surface area contributed by atoms with E-state index in [4.69, 9.17) is 5.73 Å². The third kappa shape index (κ3) is 4.00. The van der Waals surface area contributed by atoms with Crippen molar-refractivity contribution in [2.45, 2.75) is 11.3 Å². The van der Waals surface area contributed by atoms with Gasteiger partial charge in [0.25, 0.3) is 0 Å². The number of benzene rings is 1. The van der Waals surface area contributed by atoms with Crippen molar-refractivity contribution < 1.29 is 13.2 Å². The van der Waals surface area contributed by atoms with Crippen molar-refractivity contribution in [3.05, 3.63) is 35.3 Å². The van der Waals surface area contributed by atoms with Gasteiger partial charge >= 0.3 is 0 Å². The van der Waals surface area contributed by atoms with Crippen LogP contribution in [0.5, 0.6) is 0 Å². The fraction of sp³-hybridized carbons (Fsp3) is 0.167. The van der Waals surface area contributed by atoms with E-state index in [-0.39, 0.29) is 17.2 Å². The van der Waals surface area contributed by atoms with Gasteiger partial charge in [-0.05, 0) is 31.3 Å². The summed E-state index contributed by atoms with van der Waals surface area (Å²) in [6, 6.07) is 5.89.